The Morgan fingerprint density at radius 3 is 2.45 bits per heavy atom. The Balaban J connectivity index is 1.24. The van der Waals surface area contributed by atoms with E-state index >= 15 is 0 Å². The van der Waals surface area contributed by atoms with E-state index in [0.29, 0.717) is 37.0 Å². The number of nitrogens with two attached hydrogens (primary N) is 1. The van der Waals surface area contributed by atoms with Crippen molar-refractivity contribution in [3.8, 4) is 11.5 Å². The first kappa shape index (κ1) is 21.0. The van der Waals surface area contributed by atoms with Crippen molar-refractivity contribution in [1.82, 2.24) is 19.6 Å². The van der Waals surface area contributed by atoms with E-state index in [2.05, 4.69) is 10.00 Å². The molecule has 10 heteroatoms. The van der Waals surface area contributed by atoms with Crippen molar-refractivity contribution < 1.29 is 19.1 Å². The Kier molecular flexibility index (Phi) is 5.43. The van der Waals surface area contributed by atoms with Crippen LogP contribution in [-0.4, -0.2) is 64.4 Å². The van der Waals surface area contributed by atoms with Gasteiger partial charge in [0, 0.05) is 38.1 Å². The van der Waals surface area contributed by atoms with Crippen molar-refractivity contribution in [3.05, 3.63) is 64.1 Å². The molecule has 0 atom stereocenters. The molecule has 0 bridgehead atoms. The van der Waals surface area contributed by atoms with Crippen LogP contribution in [0.1, 0.15) is 16.1 Å². The van der Waals surface area contributed by atoms with Gasteiger partial charge in [0.2, 0.25) is 12.7 Å². The molecule has 0 aliphatic carbocycles. The quantitative estimate of drug-likeness (QED) is 0.605. The molecule has 0 saturated carbocycles. The molecule has 10 nitrogen and oxygen atoms in total. The number of carbonyl (C=O) groups excluding carboxylic acids is 2. The van der Waals surface area contributed by atoms with E-state index in [1.54, 1.807) is 29.2 Å². The molecule has 3 heterocycles. The van der Waals surface area contributed by atoms with E-state index in [0.717, 1.165) is 28.3 Å². The van der Waals surface area contributed by atoms with Crippen LogP contribution < -0.4 is 20.8 Å². The van der Waals surface area contributed by atoms with Crippen molar-refractivity contribution in [3.63, 3.8) is 0 Å². The number of amides is 2. The summed E-state index contributed by atoms with van der Waals surface area (Å²) in [7, 11) is 0. The molecule has 170 valence electrons. The van der Waals surface area contributed by atoms with Crippen LogP contribution >= 0.6 is 0 Å². The van der Waals surface area contributed by atoms with Crippen molar-refractivity contribution in [2.45, 2.75) is 13.1 Å². The standard InChI is InChI=1S/C23H23N5O5/c24-22(30)21-16-3-1-2-4-17(16)23(31)28(25-21)13-20(29)27-9-7-26(8-10-27)12-15-5-6-18-19(11-15)33-14-32-18/h1-6,11H,7-10,12-14H2,(H2,24,30). The SMILES string of the molecule is NC(=O)c1nn(CC(=O)N2CCN(Cc3ccc4c(c3)OCO4)CC2)c(=O)c2ccccc12. The number of aromatic nitrogens is 2. The van der Waals surface area contributed by atoms with E-state index in [9.17, 15) is 14.4 Å². The smallest absolute Gasteiger partial charge is 0.275 e. The molecule has 1 fully saturated rings. The van der Waals surface area contributed by atoms with Crippen LogP contribution in [0.4, 0.5) is 0 Å². The van der Waals surface area contributed by atoms with Crippen LogP contribution in [0.5, 0.6) is 11.5 Å². The molecule has 2 amide bonds. The van der Waals surface area contributed by atoms with Gasteiger partial charge in [-0.15, -0.1) is 0 Å². The van der Waals surface area contributed by atoms with Gasteiger partial charge in [0.1, 0.15) is 6.54 Å². The molecule has 33 heavy (non-hydrogen) atoms. The number of hydrogen-bond donors (Lipinski definition) is 1. The van der Waals surface area contributed by atoms with Gasteiger partial charge in [-0.2, -0.15) is 5.10 Å². The second kappa shape index (κ2) is 8.55. The van der Waals surface area contributed by atoms with Crippen molar-refractivity contribution >= 4 is 22.6 Å². The number of nitrogens with zero attached hydrogens (tertiary/aromatic N) is 4. The Morgan fingerprint density at radius 1 is 0.970 bits per heavy atom. The first-order valence-corrected chi connectivity index (χ1v) is 10.7. The molecule has 5 rings (SSSR count). The molecule has 3 aromatic rings. The predicted octanol–water partition coefficient (Wildman–Crippen LogP) is 0.569. The first-order valence-electron chi connectivity index (χ1n) is 10.7. The van der Waals surface area contributed by atoms with E-state index in [-0.39, 0.29) is 24.9 Å². The largest absolute Gasteiger partial charge is 0.454 e. The summed E-state index contributed by atoms with van der Waals surface area (Å²) in [6.07, 6.45) is 0. The predicted molar refractivity (Wildman–Crippen MR) is 119 cm³/mol. The molecular weight excluding hydrogens is 426 g/mol. The summed E-state index contributed by atoms with van der Waals surface area (Å²) in [6, 6.07) is 12.5. The monoisotopic (exact) mass is 449 g/mol. The molecule has 2 aliphatic rings. The van der Waals surface area contributed by atoms with Gasteiger partial charge < -0.3 is 20.1 Å². The highest BCUT2D eigenvalue weighted by atomic mass is 16.7. The third-order valence-electron chi connectivity index (χ3n) is 5.95. The maximum atomic E-state index is 12.9. The maximum Gasteiger partial charge on any atom is 0.275 e. The summed E-state index contributed by atoms with van der Waals surface area (Å²) in [5.74, 6) is 0.540. The summed E-state index contributed by atoms with van der Waals surface area (Å²) in [5, 5.41) is 4.78. The number of fused-ring (bicyclic) bond motifs is 2. The summed E-state index contributed by atoms with van der Waals surface area (Å²) in [4.78, 5) is 41.5. The van der Waals surface area contributed by atoms with Gasteiger partial charge in [-0.25, -0.2) is 4.68 Å². The number of ether oxygens (including phenoxy) is 2. The molecule has 0 unspecified atom stereocenters. The summed E-state index contributed by atoms with van der Waals surface area (Å²) < 4.78 is 11.8. The summed E-state index contributed by atoms with van der Waals surface area (Å²) >= 11 is 0. The number of benzene rings is 2. The minimum Gasteiger partial charge on any atom is -0.454 e. The molecule has 1 aromatic heterocycles. The van der Waals surface area contributed by atoms with E-state index in [4.69, 9.17) is 15.2 Å². The van der Waals surface area contributed by atoms with E-state index < -0.39 is 11.5 Å². The van der Waals surface area contributed by atoms with Crippen LogP contribution in [-0.2, 0) is 17.9 Å². The molecule has 0 spiro atoms. The zero-order chi connectivity index (χ0) is 22.9. The van der Waals surface area contributed by atoms with Gasteiger partial charge in [0.25, 0.3) is 11.5 Å². The van der Waals surface area contributed by atoms with Gasteiger partial charge in [-0.3, -0.25) is 19.3 Å². The van der Waals surface area contributed by atoms with Gasteiger partial charge in [-0.1, -0.05) is 24.3 Å². The van der Waals surface area contributed by atoms with Gasteiger partial charge in [0.05, 0.1) is 5.39 Å². The average molecular weight is 449 g/mol. The number of piperazine rings is 1. The van der Waals surface area contributed by atoms with Crippen LogP contribution in [0.25, 0.3) is 10.8 Å². The fraction of sp³-hybridized carbons (Fsp3) is 0.304. The third kappa shape index (κ3) is 4.12. The third-order valence-corrected chi connectivity index (χ3v) is 5.95. The Labute approximate surface area is 189 Å². The summed E-state index contributed by atoms with van der Waals surface area (Å²) in [5.41, 5.74) is 6.12. The Bertz CT molecular complexity index is 1300. The zero-order valence-corrected chi connectivity index (χ0v) is 17.9. The van der Waals surface area contributed by atoms with E-state index in [1.165, 1.54) is 0 Å². The van der Waals surface area contributed by atoms with Crippen LogP contribution in [0, 0.1) is 0 Å². The molecule has 0 radical (unpaired) electrons. The fourth-order valence-electron chi connectivity index (χ4n) is 4.21. The molecule has 2 aliphatic heterocycles. The summed E-state index contributed by atoms with van der Waals surface area (Å²) in [6.45, 7) is 3.22. The molecular formula is C23H23N5O5. The lowest BCUT2D eigenvalue weighted by Crippen LogP contribution is -2.49. The van der Waals surface area contributed by atoms with E-state index in [1.807, 2.05) is 18.2 Å². The number of hydrogen-bond acceptors (Lipinski definition) is 7. The van der Waals surface area contributed by atoms with Gasteiger partial charge in [-0.05, 0) is 23.8 Å². The van der Waals surface area contributed by atoms with Crippen molar-refractivity contribution in [1.29, 1.82) is 0 Å². The minimum atomic E-state index is -0.746. The molecule has 2 N–H and O–H groups in total. The highest BCUT2D eigenvalue weighted by molar-refractivity contribution is 6.04. The van der Waals surface area contributed by atoms with Crippen LogP contribution in [0.15, 0.2) is 47.3 Å². The second-order valence-corrected chi connectivity index (χ2v) is 8.07. The van der Waals surface area contributed by atoms with Gasteiger partial charge >= 0.3 is 0 Å². The fourth-order valence-corrected chi connectivity index (χ4v) is 4.21. The van der Waals surface area contributed by atoms with Crippen molar-refractivity contribution in [2.24, 2.45) is 5.73 Å². The normalized spacial score (nSPS) is 15.7. The average Bonchev–Trinajstić information content (AvgIpc) is 3.29. The minimum absolute atomic E-state index is 0.0217. The lowest BCUT2D eigenvalue weighted by Gasteiger charge is -2.34. The molecule has 1 saturated heterocycles. The lowest BCUT2D eigenvalue weighted by molar-refractivity contribution is -0.133. The Hall–Kier alpha value is -3.92. The maximum absolute atomic E-state index is 12.9. The van der Waals surface area contributed by atoms with Crippen LogP contribution in [0.2, 0.25) is 0 Å². The molecule has 2 aromatic carbocycles. The number of rotatable bonds is 5. The lowest BCUT2D eigenvalue weighted by atomic mass is 10.1. The zero-order valence-electron chi connectivity index (χ0n) is 17.9. The highest BCUT2D eigenvalue weighted by Gasteiger charge is 2.24. The van der Waals surface area contributed by atoms with Crippen LogP contribution in [0.3, 0.4) is 0 Å². The second-order valence-electron chi connectivity index (χ2n) is 8.07. The van der Waals surface area contributed by atoms with Gasteiger partial charge in [0.15, 0.2) is 17.2 Å². The Morgan fingerprint density at radius 2 is 1.70 bits per heavy atom. The first-order chi connectivity index (χ1) is 16.0. The highest BCUT2D eigenvalue weighted by Crippen LogP contribution is 2.32. The topological polar surface area (TPSA) is 120 Å². The number of primary amides is 1. The van der Waals surface area contributed by atoms with Crippen molar-refractivity contribution in [2.75, 3.05) is 33.0 Å². The number of carbonyl (C=O) groups is 2.